The smallest absolute Gasteiger partial charge is 0.229 e. The lowest BCUT2D eigenvalue weighted by atomic mass is 10.1. The van der Waals surface area contributed by atoms with Gasteiger partial charge in [-0.1, -0.05) is 50.2 Å². The van der Waals surface area contributed by atoms with E-state index in [1.807, 2.05) is 48.7 Å². The predicted molar refractivity (Wildman–Crippen MR) is 123 cm³/mol. The van der Waals surface area contributed by atoms with E-state index in [0.29, 0.717) is 24.1 Å². The summed E-state index contributed by atoms with van der Waals surface area (Å²) < 4.78 is 1.67. The van der Waals surface area contributed by atoms with Gasteiger partial charge in [0.15, 0.2) is 5.65 Å². The molecule has 0 radical (unpaired) electrons. The fourth-order valence-corrected chi connectivity index (χ4v) is 3.30. The number of nitrogens with one attached hydrogen (secondary N) is 2. The van der Waals surface area contributed by atoms with Crippen LogP contribution in [0.2, 0.25) is 0 Å². The molecule has 0 saturated heterocycles. The van der Waals surface area contributed by atoms with Gasteiger partial charge in [0.25, 0.3) is 0 Å². The van der Waals surface area contributed by atoms with E-state index in [9.17, 15) is 10.2 Å². The first-order valence-electron chi connectivity index (χ1n) is 10.6. The zero-order valence-corrected chi connectivity index (χ0v) is 18.1. The molecule has 0 aliphatic rings. The van der Waals surface area contributed by atoms with E-state index in [4.69, 9.17) is 0 Å². The van der Waals surface area contributed by atoms with Crippen LogP contribution in [0.5, 0.6) is 0 Å². The van der Waals surface area contributed by atoms with E-state index < -0.39 is 6.04 Å². The molecule has 9 heteroatoms. The quantitative estimate of drug-likeness (QED) is 0.318. The third-order valence-corrected chi connectivity index (χ3v) is 5.14. The van der Waals surface area contributed by atoms with E-state index in [-0.39, 0.29) is 19.1 Å². The summed E-state index contributed by atoms with van der Waals surface area (Å²) in [5.74, 6) is 1.04. The fraction of sp³-hybridized carbons (Fsp3) is 0.304. The first-order chi connectivity index (χ1) is 15.6. The van der Waals surface area contributed by atoms with E-state index in [1.54, 1.807) is 10.7 Å². The van der Waals surface area contributed by atoms with Crippen molar-refractivity contribution in [3.8, 4) is 11.3 Å². The molecular weight excluding hydrogens is 406 g/mol. The summed E-state index contributed by atoms with van der Waals surface area (Å²) in [7, 11) is 0. The van der Waals surface area contributed by atoms with Gasteiger partial charge in [-0.2, -0.15) is 19.6 Å². The van der Waals surface area contributed by atoms with Gasteiger partial charge < -0.3 is 20.8 Å². The van der Waals surface area contributed by atoms with Gasteiger partial charge in [-0.3, -0.25) is 4.98 Å². The van der Waals surface area contributed by atoms with Gasteiger partial charge in [0.05, 0.1) is 31.1 Å². The van der Waals surface area contributed by atoms with Crippen molar-refractivity contribution in [3.05, 3.63) is 66.0 Å². The minimum atomic E-state index is -0.551. The number of fused-ring (bicyclic) bond motifs is 1. The number of aromatic nitrogens is 5. The highest BCUT2D eigenvalue weighted by atomic mass is 16.3. The van der Waals surface area contributed by atoms with Gasteiger partial charge in [0.1, 0.15) is 0 Å². The van der Waals surface area contributed by atoms with Crippen LogP contribution in [0.15, 0.2) is 54.9 Å². The number of pyridine rings is 1. The first kappa shape index (κ1) is 21.7. The first-order valence-corrected chi connectivity index (χ1v) is 10.6. The zero-order chi connectivity index (χ0) is 22.5. The molecular formula is C23H27N7O2. The van der Waals surface area contributed by atoms with Crippen molar-refractivity contribution in [2.45, 2.75) is 32.4 Å². The van der Waals surface area contributed by atoms with Crippen LogP contribution in [-0.4, -0.2) is 54.0 Å². The Bertz CT molecular complexity index is 1160. The fourth-order valence-electron chi connectivity index (χ4n) is 3.30. The molecule has 32 heavy (non-hydrogen) atoms. The van der Waals surface area contributed by atoms with Crippen molar-refractivity contribution in [1.82, 2.24) is 24.6 Å². The highest BCUT2D eigenvalue weighted by Crippen LogP contribution is 2.23. The minimum Gasteiger partial charge on any atom is -0.394 e. The van der Waals surface area contributed by atoms with Crippen LogP contribution in [0, 0.1) is 0 Å². The second-order valence-corrected chi connectivity index (χ2v) is 7.84. The van der Waals surface area contributed by atoms with Gasteiger partial charge >= 0.3 is 0 Å². The number of aliphatic hydroxyl groups is 2. The molecule has 0 spiro atoms. The maximum atomic E-state index is 9.41. The highest BCUT2D eigenvalue weighted by molar-refractivity contribution is 5.59. The molecule has 4 aromatic rings. The van der Waals surface area contributed by atoms with Crippen LogP contribution in [0.1, 0.15) is 30.9 Å². The summed E-state index contributed by atoms with van der Waals surface area (Å²) in [5.41, 5.74) is 4.63. The van der Waals surface area contributed by atoms with Crippen LogP contribution < -0.4 is 10.6 Å². The van der Waals surface area contributed by atoms with Crippen molar-refractivity contribution in [2.24, 2.45) is 0 Å². The number of nitrogens with zero attached hydrogens (tertiary/aromatic N) is 5. The number of rotatable bonds is 9. The molecule has 4 N–H and O–H groups in total. The molecule has 166 valence electrons. The molecule has 0 aliphatic carbocycles. The second kappa shape index (κ2) is 9.71. The standard InChI is InChI=1S/C23H27N7O2/c1-15(2)19-12-26-30-21(19)28-22(27-18(13-31)14-32)29-23(30)25-11-16-8-9-20(24-10-16)17-6-4-3-5-7-17/h3-10,12,15,18,31-32H,11,13-14H2,1-2H3,(H2,25,27,28,29). The number of aliphatic hydroxyl groups excluding tert-OH is 2. The second-order valence-electron chi connectivity index (χ2n) is 7.84. The summed E-state index contributed by atoms with van der Waals surface area (Å²) in [5, 5.41) is 29.6. The van der Waals surface area contributed by atoms with Gasteiger partial charge in [-0.05, 0) is 17.5 Å². The van der Waals surface area contributed by atoms with Crippen molar-refractivity contribution in [1.29, 1.82) is 0 Å². The van der Waals surface area contributed by atoms with Crippen LogP contribution in [-0.2, 0) is 6.54 Å². The Morgan fingerprint density at radius 2 is 1.75 bits per heavy atom. The number of hydrogen-bond acceptors (Lipinski definition) is 8. The summed E-state index contributed by atoms with van der Waals surface area (Å²) in [6, 6.07) is 13.5. The monoisotopic (exact) mass is 433 g/mol. The Hall–Kier alpha value is -3.56. The Morgan fingerprint density at radius 1 is 0.969 bits per heavy atom. The van der Waals surface area contributed by atoms with Crippen molar-refractivity contribution in [2.75, 3.05) is 23.8 Å². The summed E-state index contributed by atoms with van der Waals surface area (Å²) in [4.78, 5) is 13.6. The molecule has 0 amide bonds. The van der Waals surface area contributed by atoms with Gasteiger partial charge in [0.2, 0.25) is 11.9 Å². The van der Waals surface area contributed by atoms with Crippen molar-refractivity contribution in [3.63, 3.8) is 0 Å². The largest absolute Gasteiger partial charge is 0.394 e. The zero-order valence-electron chi connectivity index (χ0n) is 18.1. The lowest BCUT2D eigenvalue weighted by Crippen LogP contribution is -2.29. The predicted octanol–water partition coefficient (Wildman–Crippen LogP) is 2.69. The van der Waals surface area contributed by atoms with Crippen molar-refractivity contribution < 1.29 is 10.2 Å². The van der Waals surface area contributed by atoms with Crippen LogP contribution in [0.4, 0.5) is 11.9 Å². The minimum absolute atomic E-state index is 0.226. The van der Waals surface area contributed by atoms with E-state index in [0.717, 1.165) is 22.4 Å². The third kappa shape index (κ3) is 4.68. The average Bonchev–Trinajstić information content (AvgIpc) is 3.26. The highest BCUT2D eigenvalue weighted by Gasteiger charge is 2.17. The normalized spacial score (nSPS) is 11.4. The van der Waals surface area contributed by atoms with E-state index in [1.165, 1.54) is 0 Å². The van der Waals surface area contributed by atoms with Gasteiger partial charge in [-0.15, -0.1) is 0 Å². The van der Waals surface area contributed by atoms with Crippen molar-refractivity contribution >= 4 is 17.5 Å². The maximum absolute atomic E-state index is 9.41. The summed E-state index contributed by atoms with van der Waals surface area (Å²) >= 11 is 0. The molecule has 3 aromatic heterocycles. The van der Waals surface area contributed by atoms with Gasteiger partial charge in [0, 0.05) is 23.9 Å². The Balaban J connectivity index is 1.58. The lowest BCUT2D eigenvalue weighted by molar-refractivity contribution is 0.203. The van der Waals surface area contributed by atoms with E-state index in [2.05, 4.69) is 44.5 Å². The lowest BCUT2D eigenvalue weighted by Gasteiger charge is -2.15. The van der Waals surface area contributed by atoms with E-state index >= 15 is 0 Å². The number of anilines is 2. The molecule has 3 heterocycles. The van der Waals surface area contributed by atoms with Gasteiger partial charge in [-0.25, -0.2) is 0 Å². The molecule has 0 fully saturated rings. The number of hydrogen-bond donors (Lipinski definition) is 4. The molecule has 0 atom stereocenters. The number of benzene rings is 1. The SMILES string of the molecule is CC(C)c1cnn2c(NCc3ccc(-c4ccccc4)nc3)nc(NC(CO)CO)nc12. The molecule has 0 bridgehead atoms. The molecule has 0 aliphatic heterocycles. The summed E-state index contributed by atoms with van der Waals surface area (Å²) in [6.45, 7) is 4.17. The third-order valence-electron chi connectivity index (χ3n) is 5.14. The molecule has 9 nitrogen and oxygen atoms in total. The topological polar surface area (TPSA) is 120 Å². The Kier molecular flexibility index (Phi) is 6.58. The maximum Gasteiger partial charge on any atom is 0.229 e. The molecule has 0 saturated carbocycles. The molecule has 4 rings (SSSR count). The molecule has 1 aromatic carbocycles. The van der Waals surface area contributed by atoms with Crippen LogP contribution in [0.25, 0.3) is 16.9 Å². The Morgan fingerprint density at radius 3 is 2.41 bits per heavy atom. The van der Waals surface area contributed by atoms with Crippen LogP contribution in [0.3, 0.4) is 0 Å². The van der Waals surface area contributed by atoms with Crippen LogP contribution >= 0.6 is 0 Å². The summed E-state index contributed by atoms with van der Waals surface area (Å²) in [6.07, 6.45) is 3.62. The molecule has 0 unspecified atom stereocenters. The average molecular weight is 434 g/mol. The Labute approximate surface area is 186 Å².